The Morgan fingerprint density at radius 2 is 1.43 bits per heavy atom. The maximum atomic E-state index is 9.68. The van der Waals surface area contributed by atoms with Gasteiger partial charge in [-0.1, -0.05) is 58.9 Å². The van der Waals surface area contributed by atoms with E-state index >= 15 is 0 Å². The molecule has 0 bridgehead atoms. The molecule has 0 saturated carbocycles. The van der Waals surface area contributed by atoms with Gasteiger partial charge in [0.2, 0.25) is 0 Å². The van der Waals surface area contributed by atoms with E-state index < -0.39 is 0 Å². The summed E-state index contributed by atoms with van der Waals surface area (Å²) in [5.74, 6) is 1.27. The van der Waals surface area contributed by atoms with E-state index in [1.807, 2.05) is 31.2 Å². The molecule has 0 unspecified atom stereocenters. The SMILES string of the molecule is Cc1cc(C)c(Nc2nc(N(c3nc4ccccc4s3)c3c(C)cc(C)cc3C)cc(C)c2N=Nc2snc(C)c2C#N)c(C)c1. The third kappa shape index (κ3) is 5.87. The number of rotatable bonds is 7. The summed E-state index contributed by atoms with van der Waals surface area (Å²) in [5, 5.41) is 23.8. The van der Waals surface area contributed by atoms with Crippen molar-refractivity contribution in [2.45, 2.75) is 55.4 Å². The smallest absolute Gasteiger partial charge is 0.196 e. The summed E-state index contributed by atoms with van der Waals surface area (Å²) in [6, 6.07) is 21.1. The lowest BCUT2D eigenvalue weighted by atomic mass is 10.0. The summed E-state index contributed by atoms with van der Waals surface area (Å²) in [4.78, 5) is 12.5. The van der Waals surface area contributed by atoms with Crippen molar-refractivity contribution in [3.63, 3.8) is 0 Å². The zero-order valence-corrected chi connectivity index (χ0v) is 28.8. The van der Waals surface area contributed by atoms with Gasteiger partial charge in [-0.25, -0.2) is 9.97 Å². The van der Waals surface area contributed by atoms with Gasteiger partial charge >= 0.3 is 0 Å². The van der Waals surface area contributed by atoms with E-state index in [1.54, 1.807) is 18.3 Å². The maximum Gasteiger partial charge on any atom is 0.196 e. The topological polar surface area (TPSA) is 102 Å². The lowest BCUT2D eigenvalue weighted by Crippen LogP contribution is -2.15. The molecule has 0 amide bonds. The van der Waals surface area contributed by atoms with Crippen LogP contribution in [0.5, 0.6) is 0 Å². The van der Waals surface area contributed by atoms with E-state index in [0.29, 0.717) is 33.6 Å². The summed E-state index contributed by atoms with van der Waals surface area (Å²) in [6.07, 6.45) is 0. The third-order valence-electron chi connectivity index (χ3n) is 7.85. The summed E-state index contributed by atoms with van der Waals surface area (Å²) in [5.41, 5.74) is 12.3. The van der Waals surface area contributed by atoms with Crippen LogP contribution in [-0.4, -0.2) is 14.3 Å². The summed E-state index contributed by atoms with van der Waals surface area (Å²) >= 11 is 2.80. The number of pyridine rings is 1. The molecule has 0 aliphatic carbocycles. The molecule has 6 aromatic rings. The molecular formula is C36H34N8S2. The first-order chi connectivity index (χ1) is 22.0. The number of nitrogens with zero attached hydrogens (tertiary/aromatic N) is 7. The van der Waals surface area contributed by atoms with Crippen LogP contribution in [0.3, 0.4) is 0 Å². The number of thiazole rings is 1. The van der Waals surface area contributed by atoms with Crippen molar-refractivity contribution in [1.82, 2.24) is 14.3 Å². The molecule has 8 nitrogen and oxygen atoms in total. The fourth-order valence-electron chi connectivity index (χ4n) is 5.91. The van der Waals surface area contributed by atoms with Crippen LogP contribution in [0.2, 0.25) is 0 Å². The van der Waals surface area contributed by atoms with E-state index in [1.165, 1.54) is 11.1 Å². The molecule has 0 aliphatic rings. The zero-order chi connectivity index (χ0) is 32.7. The molecule has 3 aromatic heterocycles. The van der Waals surface area contributed by atoms with Crippen molar-refractivity contribution < 1.29 is 0 Å². The lowest BCUT2D eigenvalue weighted by molar-refractivity contribution is 1.11. The summed E-state index contributed by atoms with van der Waals surface area (Å²) in [7, 11) is 0. The van der Waals surface area contributed by atoms with Crippen molar-refractivity contribution in [1.29, 1.82) is 5.26 Å². The van der Waals surface area contributed by atoms with Gasteiger partial charge in [0.05, 0.1) is 21.6 Å². The molecule has 3 heterocycles. The Morgan fingerprint density at radius 3 is 2.09 bits per heavy atom. The Labute approximate surface area is 277 Å². The third-order valence-corrected chi connectivity index (χ3v) is 9.69. The van der Waals surface area contributed by atoms with Crippen LogP contribution in [0.4, 0.5) is 38.8 Å². The minimum Gasteiger partial charge on any atom is -0.338 e. The quantitative estimate of drug-likeness (QED) is 0.174. The monoisotopic (exact) mass is 642 g/mol. The highest BCUT2D eigenvalue weighted by Crippen LogP contribution is 2.45. The number of benzene rings is 3. The molecule has 0 radical (unpaired) electrons. The minimum absolute atomic E-state index is 0.433. The average molecular weight is 643 g/mol. The molecular weight excluding hydrogens is 609 g/mol. The standard InChI is InChI=1S/C36H34N8S2/c1-19-13-21(3)31(22(4)14-19)40-34-32(41-42-35-27(18-37)26(8)43-46-35)23(5)17-30(39-34)44(33-24(6)15-20(2)16-25(33)7)36-38-28-11-9-10-12-29(28)45-36/h9-17H,1-8H3,(H,39,40). The van der Waals surface area contributed by atoms with Gasteiger partial charge in [-0.05, 0) is 113 Å². The normalized spacial score (nSPS) is 11.4. The molecule has 0 spiro atoms. The number of anilines is 5. The van der Waals surface area contributed by atoms with E-state index in [9.17, 15) is 5.26 Å². The molecule has 0 atom stereocenters. The van der Waals surface area contributed by atoms with Gasteiger partial charge in [0.15, 0.2) is 16.0 Å². The predicted molar refractivity (Wildman–Crippen MR) is 191 cm³/mol. The highest BCUT2D eigenvalue weighted by Gasteiger charge is 2.25. The van der Waals surface area contributed by atoms with E-state index in [-0.39, 0.29) is 0 Å². The first-order valence-corrected chi connectivity index (χ1v) is 16.5. The molecule has 6 rings (SSSR count). The number of fused-ring (bicyclic) bond motifs is 1. The average Bonchev–Trinajstić information content (AvgIpc) is 3.58. The van der Waals surface area contributed by atoms with Gasteiger partial charge in [0, 0.05) is 5.69 Å². The van der Waals surface area contributed by atoms with Crippen LogP contribution >= 0.6 is 22.9 Å². The largest absolute Gasteiger partial charge is 0.338 e. The van der Waals surface area contributed by atoms with E-state index in [4.69, 9.17) is 9.97 Å². The van der Waals surface area contributed by atoms with Gasteiger partial charge in [0.1, 0.15) is 23.1 Å². The van der Waals surface area contributed by atoms with Gasteiger partial charge in [-0.2, -0.15) is 9.64 Å². The Balaban J connectivity index is 1.59. The molecule has 230 valence electrons. The fraction of sp³-hybridized carbons (Fsp3) is 0.222. The number of nitriles is 1. The van der Waals surface area contributed by atoms with Crippen LogP contribution in [0.15, 0.2) is 64.8 Å². The molecule has 0 aliphatic heterocycles. The summed E-state index contributed by atoms with van der Waals surface area (Å²) in [6.45, 7) is 16.5. The van der Waals surface area contributed by atoms with Crippen LogP contribution in [0.25, 0.3) is 10.2 Å². The highest BCUT2D eigenvalue weighted by atomic mass is 32.1. The van der Waals surface area contributed by atoms with Crippen molar-refractivity contribution in [2.24, 2.45) is 10.2 Å². The Kier molecular flexibility index (Phi) is 8.38. The van der Waals surface area contributed by atoms with Crippen molar-refractivity contribution in [2.75, 3.05) is 10.2 Å². The van der Waals surface area contributed by atoms with Crippen LogP contribution in [0.1, 0.15) is 50.2 Å². The zero-order valence-electron chi connectivity index (χ0n) is 27.1. The number of aryl methyl sites for hydroxylation is 8. The van der Waals surface area contributed by atoms with Crippen molar-refractivity contribution in [3.05, 3.63) is 105 Å². The van der Waals surface area contributed by atoms with Gasteiger partial charge < -0.3 is 5.32 Å². The Hall–Kier alpha value is -4.98. The molecule has 10 heteroatoms. The Morgan fingerprint density at radius 1 is 0.783 bits per heavy atom. The number of hydrogen-bond acceptors (Lipinski definition) is 10. The number of hydrogen-bond donors (Lipinski definition) is 1. The van der Waals surface area contributed by atoms with Crippen molar-refractivity contribution in [3.8, 4) is 6.07 Å². The van der Waals surface area contributed by atoms with Crippen molar-refractivity contribution >= 4 is 71.9 Å². The number of para-hydroxylation sites is 1. The molecule has 1 N–H and O–H groups in total. The lowest BCUT2D eigenvalue weighted by Gasteiger charge is -2.27. The highest BCUT2D eigenvalue weighted by molar-refractivity contribution is 7.22. The van der Waals surface area contributed by atoms with Crippen LogP contribution in [0, 0.1) is 66.7 Å². The molecule has 3 aromatic carbocycles. The molecule has 46 heavy (non-hydrogen) atoms. The fourth-order valence-corrected chi connectivity index (χ4v) is 7.57. The molecule has 0 saturated heterocycles. The number of nitrogens with one attached hydrogen (secondary N) is 1. The van der Waals surface area contributed by atoms with E-state index in [2.05, 4.69) is 103 Å². The first kappa shape index (κ1) is 31.0. The predicted octanol–water partition coefficient (Wildman–Crippen LogP) is 11.1. The number of azo groups is 1. The van der Waals surface area contributed by atoms with Crippen LogP contribution in [-0.2, 0) is 0 Å². The maximum absolute atomic E-state index is 9.68. The Bertz CT molecular complexity index is 2120. The second-order valence-electron chi connectivity index (χ2n) is 11.7. The number of aromatic nitrogens is 3. The van der Waals surface area contributed by atoms with Crippen LogP contribution < -0.4 is 10.2 Å². The second-order valence-corrected chi connectivity index (χ2v) is 13.5. The minimum atomic E-state index is 0.433. The van der Waals surface area contributed by atoms with Gasteiger partial charge in [0.25, 0.3) is 0 Å². The van der Waals surface area contributed by atoms with Gasteiger partial charge in [-0.3, -0.25) is 4.90 Å². The second kappa shape index (κ2) is 12.4. The summed E-state index contributed by atoms with van der Waals surface area (Å²) < 4.78 is 5.41. The van der Waals surface area contributed by atoms with Gasteiger partial charge in [-0.15, -0.1) is 10.2 Å². The first-order valence-electron chi connectivity index (χ1n) is 14.9. The van der Waals surface area contributed by atoms with E-state index in [0.717, 1.165) is 66.1 Å². The molecule has 0 fully saturated rings.